The molecule has 0 N–H and O–H groups in total. The van der Waals surface area contributed by atoms with Crippen molar-refractivity contribution in [2.24, 2.45) is 0 Å². The lowest BCUT2D eigenvalue weighted by atomic mass is 10.1. The van der Waals surface area contributed by atoms with Gasteiger partial charge in [0.25, 0.3) is 0 Å². The number of benzene rings is 1. The van der Waals surface area contributed by atoms with Gasteiger partial charge in [0.15, 0.2) is 11.5 Å². The molecule has 1 aromatic carbocycles. The maximum atomic E-state index is 5.62. The van der Waals surface area contributed by atoms with Gasteiger partial charge in [0.05, 0.1) is 5.56 Å². The largest absolute Gasteiger partial charge is 0.486 e. The van der Waals surface area contributed by atoms with Gasteiger partial charge in [-0.25, -0.2) is 0 Å². The van der Waals surface area contributed by atoms with Gasteiger partial charge in [-0.1, -0.05) is 11.2 Å². The van der Waals surface area contributed by atoms with E-state index in [1.165, 1.54) is 0 Å². The summed E-state index contributed by atoms with van der Waals surface area (Å²) in [6.07, 6.45) is 0. The zero-order chi connectivity index (χ0) is 11.7. The van der Waals surface area contributed by atoms with Crippen LogP contribution in [0.15, 0.2) is 22.7 Å². The van der Waals surface area contributed by atoms with Crippen molar-refractivity contribution >= 4 is 11.6 Å². The van der Waals surface area contributed by atoms with Crippen molar-refractivity contribution < 1.29 is 14.0 Å². The average Bonchev–Trinajstić information content (AvgIpc) is 2.87. The molecule has 3 rings (SSSR count). The third-order valence-corrected chi connectivity index (χ3v) is 2.62. The first kappa shape index (κ1) is 10.4. The second-order valence-electron chi connectivity index (χ2n) is 3.48. The lowest BCUT2D eigenvalue weighted by Gasteiger charge is -2.19. The molecule has 0 fully saturated rings. The van der Waals surface area contributed by atoms with Crippen LogP contribution in [0, 0.1) is 0 Å². The van der Waals surface area contributed by atoms with E-state index in [2.05, 4.69) is 10.1 Å². The van der Waals surface area contributed by atoms with Crippen LogP contribution in [0.5, 0.6) is 11.5 Å². The highest BCUT2D eigenvalue weighted by Gasteiger charge is 2.19. The van der Waals surface area contributed by atoms with Gasteiger partial charge in [0.1, 0.15) is 19.1 Å². The van der Waals surface area contributed by atoms with Crippen molar-refractivity contribution in [3.8, 4) is 22.9 Å². The topological polar surface area (TPSA) is 57.4 Å². The van der Waals surface area contributed by atoms with Gasteiger partial charge in [-0.05, 0) is 12.1 Å². The zero-order valence-electron chi connectivity index (χ0n) is 8.85. The number of hydrogen-bond acceptors (Lipinski definition) is 5. The normalized spacial score (nSPS) is 13.7. The molecule has 0 atom stereocenters. The number of ether oxygens (including phenoxy) is 2. The number of hydrogen-bond donors (Lipinski definition) is 0. The van der Waals surface area contributed by atoms with E-state index in [-0.39, 0.29) is 5.88 Å². The third-order valence-electron chi connectivity index (χ3n) is 2.39. The maximum absolute atomic E-state index is 5.62. The maximum Gasteiger partial charge on any atom is 0.241 e. The van der Waals surface area contributed by atoms with Crippen molar-refractivity contribution in [2.75, 3.05) is 13.2 Å². The zero-order valence-corrected chi connectivity index (χ0v) is 9.61. The number of halogens is 1. The molecule has 1 aliphatic rings. The van der Waals surface area contributed by atoms with Crippen LogP contribution in [-0.2, 0) is 5.88 Å². The van der Waals surface area contributed by atoms with Gasteiger partial charge in [-0.3, -0.25) is 0 Å². The molecule has 0 radical (unpaired) electrons. The summed E-state index contributed by atoms with van der Waals surface area (Å²) < 4.78 is 16.0. The fraction of sp³-hybridized carbons (Fsp3) is 0.273. The first-order valence-electron chi connectivity index (χ1n) is 5.16. The molecule has 6 heteroatoms. The SMILES string of the molecule is ClCc1nc(-c2cccc3c2OCCO3)no1. The number of fused-ring (bicyclic) bond motifs is 1. The fourth-order valence-corrected chi connectivity index (χ4v) is 1.78. The van der Waals surface area contributed by atoms with Gasteiger partial charge in [-0.2, -0.15) is 4.98 Å². The molecule has 0 amide bonds. The molecule has 5 nitrogen and oxygen atoms in total. The van der Waals surface area contributed by atoms with Gasteiger partial charge in [-0.15, -0.1) is 11.6 Å². The van der Waals surface area contributed by atoms with Crippen molar-refractivity contribution in [3.05, 3.63) is 24.1 Å². The Morgan fingerprint density at radius 1 is 1.24 bits per heavy atom. The van der Waals surface area contributed by atoms with E-state index in [0.29, 0.717) is 36.4 Å². The van der Waals surface area contributed by atoms with E-state index in [9.17, 15) is 0 Å². The smallest absolute Gasteiger partial charge is 0.241 e. The van der Waals surface area contributed by atoms with E-state index >= 15 is 0 Å². The second kappa shape index (κ2) is 4.25. The number of alkyl halides is 1. The quantitative estimate of drug-likeness (QED) is 0.768. The van der Waals surface area contributed by atoms with Crippen molar-refractivity contribution in [2.45, 2.75) is 5.88 Å². The Morgan fingerprint density at radius 3 is 2.94 bits per heavy atom. The van der Waals surface area contributed by atoms with Crippen LogP contribution in [0.3, 0.4) is 0 Å². The van der Waals surface area contributed by atoms with Gasteiger partial charge < -0.3 is 14.0 Å². The lowest BCUT2D eigenvalue weighted by Crippen LogP contribution is -2.15. The molecule has 0 unspecified atom stereocenters. The van der Waals surface area contributed by atoms with Crippen LogP contribution in [0.25, 0.3) is 11.4 Å². The number of nitrogens with zero attached hydrogens (tertiary/aromatic N) is 2. The molecule has 0 aliphatic carbocycles. The molecule has 2 aromatic rings. The molecule has 0 saturated heterocycles. The standard InChI is InChI=1S/C11H9ClN2O3/c12-6-9-13-11(14-17-9)7-2-1-3-8-10(7)16-5-4-15-8/h1-3H,4-6H2. The van der Waals surface area contributed by atoms with Crippen LogP contribution >= 0.6 is 11.6 Å². The Labute approximate surface area is 102 Å². The summed E-state index contributed by atoms with van der Waals surface area (Å²) in [6, 6.07) is 5.57. The van der Waals surface area contributed by atoms with Gasteiger partial charge >= 0.3 is 0 Å². The Hall–Kier alpha value is -1.75. The first-order chi connectivity index (χ1) is 8.38. The molecule has 0 saturated carbocycles. The predicted octanol–water partition coefficient (Wildman–Crippen LogP) is 2.25. The Bertz CT molecular complexity index is 541. The van der Waals surface area contributed by atoms with Crippen LogP contribution < -0.4 is 9.47 Å². The molecule has 1 aliphatic heterocycles. The molecule has 0 spiro atoms. The van der Waals surface area contributed by atoms with Crippen molar-refractivity contribution in [3.63, 3.8) is 0 Å². The van der Waals surface area contributed by atoms with E-state index in [0.717, 1.165) is 5.56 Å². The van der Waals surface area contributed by atoms with E-state index in [1.54, 1.807) is 0 Å². The summed E-state index contributed by atoms with van der Waals surface area (Å²) in [4.78, 5) is 4.16. The highest BCUT2D eigenvalue weighted by atomic mass is 35.5. The van der Waals surface area contributed by atoms with E-state index in [4.69, 9.17) is 25.6 Å². The molecular weight excluding hydrogens is 244 g/mol. The summed E-state index contributed by atoms with van der Waals surface area (Å²) >= 11 is 5.62. The summed E-state index contributed by atoms with van der Waals surface area (Å²) in [7, 11) is 0. The van der Waals surface area contributed by atoms with Crippen LogP contribution in [0.2, 0.25) is 0 Å². The summed E-state index contributed by atoms with van der Waals surface area (Å²) in [6.45, 7) is 1.07. The number of para-hydroxylation sites is 1. The van der Waals surface area contributed by atoms with Crippen LogP contribution in [-0.4, -0.2) is 23.4 Å². The summed E-state index contributed by atoms with van der Waals surface area (Å²) in [5.74, 6) is 2.39. The third kappa shape index (κ3) is 1.82. The molecule has 2 heterocycles. The Kier molecular flexibility index (Phi) is 2.60. The summed E-state index contributed by atoms with van der Waals surface area (Å²) in [5.41, 5.74) is 0.752. The molecule has 0 bridgehead atoms. The summed E-state index contributed by atoms with van der Waals surface area (Å²) in [5, 5.41) is 3.86. The minimum atomic E-state index is 0.194. The van der Waals surface area contributed by atoms with Crippen LogP contribution in [0.1, 0.15) is 5.89 Å². The van der Waals surface area contributed by atoms with Gasteiger partial charge in [0.2, 0.25) is 11.7 Å². The second-order valence-corrected chi connectivity index (χ2v) is 3.74. The first-order valence-corrected chi connectivity index (χ1v) is 5.69. The Balaban J connectivity index is 2.07. The Morgan fingerprint density at radius 2 is 2.12 bits per heavy atom. The lowest BCUT2D eigenvalue weighted by molar-refractivity contribution is 0.172. The minimum Gasteiger partial charge on any atom is -0.486 e. The van der Waals surface area contributed by atoms with Gasteiger partial charge in [0, 0.05) is 0 Å². The number of rotatable bonds is 2. The van der Waals surface area contributed by atoms with Crippen molar-refractivity contribution in [1.29, 1.82) is 0 Å². The van der Waals surface area contributed by atoms with E-state index in [1.807, 2.05) is 18.2 Å². The highest BCUT2D eigenvalue weighted by molar-refractivity contribution is 6.16. The molecule has 88 valence electrons. The molecular formula is C11H9ClN2O3. The van der Waals surface area contributed by atoms with Crippen molar-refractivity contribution in [1.82, 2.24) is 10.1 Å². The molecule has 17 heavy (non-hydrogen) atoms. The molecule has 1 aromatic heterocycles. The van der Waals surface area contributed by atoms with E-state index < -0.39 is 0 Å². The predicted molar refractivity (Wildman–Crippen MR) is 60.3 cm³/mol. The fourth-order valence-electron chi connectivity index (χ4n) is 1.67. The van der Waals surface area contributed by atoms with Crippen LogP contribution in [0.4, 0.5) is 0 Å². The highest BCUT2D eigenvalue weighted by Crippen LogP contribution is 2.38. The number of aromatic nitrogens is 2. The average molecular weight is 253 g/mol. The minimum absolute atomic E-state index is 0.194. The monoisotopic (exact) mass is 252 g/mol.